The number of aliphatic hydroxyl groups excluding tert-OH is 1. The van der Waals surface area contributed by atoms with Crippen molar-refractivity contribution in [1.82, 2.24) is 24.7 Å². The molecule has 0 radical (unpaired) electrons. The van der Waals surface area contributed by atoms with Crippen LogP contribution in [0.4, 0.5) is 0 Å². The largest absolute Gasteiger partial charge is 0.392 e. The SMILES string of the molecule is CCc1c[nH]c2ncc(-c3nc4c(cnn4C)cc3CO)cc12. The van der Waals surface area contributed by atoms with Gasteiger partial charge in [0, 0.05) is 41.3 Å². The maximum atomic E-state index is 9.73. The standard InChI is InChI=1S/C17H17N5O/c1-3-10-6-18-16-14(10)5-11(7-19-16)15-13(9-23)4-12-8-20-22(2)17(12)21-15/h4-8,23H,3,9H2,1-2H3,(H,18,19). The van der Waals surface area contributed by atoms with Gasteiger partial charge in [0.15, 0.2) is 5.65 Å². The summed E-state index contributed by atoms with van der Waals surface area (Å²) < 4.78 is 1.74. The predicted octanol–water partition coefficient (Wildman–Crippen LogP) is 2.57. The van der Waals surface area contributed by atoms with E-state index in [9.17, 15) is 5.11 Å². The summed E-state index contributed by atoms with van der Waals surface area (Å²) in [5.74, 6) is 0. The molecule has 4 heterocycles. The Bertz CT molecular complexity index is 1010. The van der Waals surface area contributed by atoms with Crippen molar-refractivity contribution in [2.45, 2.75) is 20.0 Å². The van der Waals surface area contributed by atoms with Gasteiger partial charge in [0.1, 0.15) is 5.65 Å². The van der Waals surface area contributed by atoms with Crippen LogP contribution in [0, 0.1) is 0 Å². The summed E-state index contributed by atoms with van der Waals surface area (Å²) >= 11 is 0. The highest BCUT2D eigenvalue weighted by Crippen LogP contribution is 2.28. The minimum absolute atomic E-state index is 0.0705. The fraction of sp³-hybridized carbons (Fsp3) is 0.235. The van der Waals surface area contributed by atoms with Gasteiger partial charge < -0.3 is 10.1 Å². The van der Waals surface area contributed by atoms with Crippen LogP contribution in [0.2, 0.25) is 0 Å². The molecule has 0 aromatic carbocycles. The van der Waals surface area contributed by atoms with E-state index < -0.39 is 0 Å². The van der Waals surface area contributed by atoms with E-state index in [2.05, 4.69) is 28.1 Å². The number of nitrogens with zero attached hydrogens (tertiary/aromatic N) is 4. The molecule has 0 bridgehead atoms. The summed E-state index contributed by atoms with van der Waals surface area (Å²) in [4.78, 5) is 12.4. The van der Waals surface area contributed by atoms with E-state index in [1.807, 2.05) is 19.3 Å². The molecule has 0 fully saturated rings. The number of pyridine rings is 2. The number of hydrogen-bond donors (Lipinski definition) is 2. The second-order valence-electron chi connectivity index (χ2n) is 5.62. The lowest BCUT2D eigenvalue weighted by molar-refractivity contribution is 0.282. The maximum Gasteiger partial charge on any atom is 0.158 e. The molecule has 0 amide bonds. The van der Waals surface area contributed by atoms with Crippen molar-refractivity contribution in [1.29, 1.82) is 0 Å². The Morgan fingerprint density at radius 3 is 2.87 bits per heavy atom. The number of aliphatic hydroxyl groups is 1. The molecule has 0 saturated carbocycles. The van der Waals surface area contributed by atoms with E-state index in [1.165, 1.54) is 5.56 Å². The predicted molar refractivity (Wildman–Crippen MR) is 88.9 cm³/mol. The number of hydrogen-bond acceptors (Lipinski definition) is 4. The zero-order chi connectivity index (χ0) is 16.0. The van der Waals surface area contributed by atoms with Crippen LogP contribution in [0.1, 0.15) is 18.1 Å². The first kappa shape index (κ1) is 13.9. The molecule has 0 saturated heterocycles. The highest BCUT2D eigenvalue weighted by molar-refractivity contribution is 5.86. The Morgan fingerprint density at radius 2 is 2.09 bits per heavy atom. The normalized spacial score (nSPS) is 11.6. The number of fused-ring (bicyclic) bond motifs is 2. The molecular formula is C17H17N5O. The molecule has 0 unspecified atom stereocenters. The van der Waals surface area contributed by atoms with Crippen molar-refractivity contribution < 1.29 is 5.11 Å². The van der Waals surface area contributed by atoms with Crippen LogP contribution in [-0.2, 0) is 20.1 Å². The molecule has 23 heavy (non-hydrogen) atoms. The summed E-state index contributed by atoms with van der Waals surface area (Å²) in [5, 5.41) is 16.0. The molecule has 0 atom stereocenters. The Kier molecular flexibility index (Phi) is 3.12. The summed E-state index contributed by atoms with van der Waals surface area (Å²) in [5.41, 5.74) is 5.32. The van der Waals surface area contributed by atoms with Gasteiger partial charge in [-0.05, 0) is 24.1 Å². The van der Waals surface area contributed by atoms with Crippen LogP contribution in [-0.4, -0.2) is 29.8 Å². The molecule has 0 aliphatic rings. The average molecular weight is 307 g/mol. The fourth-order valence-electron chi connectivity index (χ4n) is 2.97. The lowest BCUT2D eigenvalue weighted by atomic mass is 10.0. The van der Waals surface area contributed by atoms with E-state index in [-0.39, 0.29) is 6.61 Å². The molecule has 0 spiro atoms. The van der Waals surface area contributed by atoms with Gasteiger partial charge in [0.2, 0.25) is 0 Å². The molecular weight excluding hydrogens is 290 g/mol. The van der Waals surface area contributed by atoms with Gasteiger partial charge in [0.05, 0.1) is 18.5 Å². The minimum atomic E-state index is -0.0705. The van der Waals surface area contributed by atoms with Gasteiger partial charge in [-0.15, -0.1) is 0 Å². The number of aromatic nitrogens is 5. The summed E-state index contributed by atoms with van der Waals surface area (Å²) in [6, 6.07) is 4.02. The highest BCUT2D eigenvalue weighted by atomic mass is 16.3. The lowest BCUT2D eigenvalue weighted by Crippen LogP contribution is -1.98. The van der Waals surface area contributed by atoms with Gasteiger partial charge in [0.25, 0.3) is 0 Å². The van der Waals surface area contributed by atoms with Crippen LogP contribution >= 0.6 is 0 Å². The number of aryl methyl sites for hydroxylation is 2. The van der Waals surface area contributed by atoms with E-state index in [1.54, 1.807) is 17.1 Å². The molecule has 6 heteroatoms. The number of nitrogens with one attached hydrogen (secondary N) is 1. The molecule has 4 aromatic rings. The first-order valence-corrected chi connectivity index (χ1v) is 7.60. The Balaban J connectivity index is 1.98. The third-order valence-electron chi connectivity index (χ3n) is 4.23. The number of aromatic amines is 1. The van der Waals surface area contributed by atoms with Gasteiger partial charge in [-0.2, -0.15) is 5.10 Å². The van der Waals surface area contributed by atoms with Crippen LogP contribution in [0.3, 0.4) is 0 Å². The minimum Gasteiger partial charge on any atom is -0.392 e. The average Bonchev–Trinajstić information content (AvgIpc) is 3.16. The van der Waals surface area contributed by atoms with Crippen molar-refractivity contribution in [3.05, 3.63) is 41.9 Å². The van der Waals surface area contributed by atoms with E-state index in [4.69, 9.17) is 4.98 Å². The van der Waals surface area contributed by atoms with Gasteiger partial charge >= 0.3 is 0 Å². The van der Waals surface area contributed by atoms with E-state index >= 15 is 0 Å². The van der Waals surface area contributed by atoms with E-state index in [0.29, 0.717) is 0 Å². The second kappa shape index (κ2) is 5.17. The molecule has 2 N–H and O–H groups in total. The third-order valence-corrected chi connectivity index (χ3v) is 4.23. The highest BCUT2D eigenvalue weighted by Gasteiger charge is 2.13. The van der Waals surface area contributed by atoms with Crippen LogP contribution < -0.4 is 0 Å². The summed E-state index contributed by atoms with van der Waals surface area (Å²) in [6.07, 6.45) is 6.48. The lowest BCUT2D eigenvalue weighted by Gasteiger charge is -2.08. The molecule has 4 rings (SSSR count). The Morgan fingerprint density at radius 1 is 1.22 bits per heavy atom. The molecule has 116 valence electrons. The second-order valence-corrected chi connectivity index (χ2v) is 5.62. The molecule has 6 nitrogen and oxygen atoms in total. The van der Waals surface area contributed by atoms with Crippen LogP contribution in [0.15, 0.2) is 30.7 Å². The van der Waals surface area contributed by atoms with E-state index in [0.717, 1.165) is 45.3 Å². The van der Waals surface area contributed by atoms with Gasteiger partial charge in [-0.3, -0.25) is 4.68 Å². The molecule has 4 aromatic heterocycles. The zero-order valence-corrected chi connectivity index (χ0v) is 13.0. The quantitative estimate of drug-likeness (QED) is 0.609. The first-order valence-electron chi connectivity index (χ1n) is 7.60. The molecule has 0 aliphatic heterocycles. The summed E-state index contributed by atoms with van der Waals surface area (Å²) in [7, 11) is 1.86. The Hall–Kier alpha value is -2.73. The maximum absolute atomic E-state index is 9.73. The fourth-order valence-corrected chi connectivity index (χ4v) is 2.97. The van der Waals surface area contributed by atoms with Gasteiger partial charge in [-0.1, -0.05) is 6.92 Å². The van der Waals surface area contributed by atoms with Gasteiger partial charge in [-0.25, -0.2) is 9.97 Å². The van der Waals surface area contributed by atoms with Crippen molar-refractivity contribution in [3.63, 3.8) is 0 Å². The van der Waals surface area contributed by atoms with Crippen molar-refractivity contribution in [3.8, 4) is 11.3 Å². The first-order chi connectivity index (χ1) is 11.2. The van der Waals surface area contributed by atoms with Crippen molar-refractivity contribution >= 4 is 22.1 Å². The molecule has 0 aliphatic carbocycles. The monoisotopic (exact) mass is 307 g/mol. The summed E-state index contributed by atoms with van der Waals surface area (Å²) in [6.45, 7) is 2.05. The number of H-pyrrole nitrogens is 1. The van der Waals surface area contributed by atoms with Crippen molar-refractivity contribution in [2.75, 3.05) is 0 Å². The van der Waals surface area contributed by atoms with Crippen LogP contribution in [0.25, 0.3) is 33.3 Å². The topological polar surface area (TPSA) is 79.6 Å². The van der Waals surface area contributed by atoms with Crippen LogP contribution in [0.5, 0.6) is 0 Å². The smallest absolute Gasteiger partial charge is 0.158 e. The third kappa shape index (κ3) is 2.10. The Labute approximate surface area is 132 Å². The zero-order valence-electron chi connectivity index (χ0n) is 13.0. The number of rotatable bonds is 3. The van der Waals surface area contributed by atoms with Crippen molar-refractivity contribution in [2.24, 2.45) is 7.05 Å².